The molecule has 2 aliphatic rings. The molecule has 2 aromatic rings. The molecule has 1 aliphatic carbocycles. The summed E-state index contributed by atoms with van der Waals surface area (Å²) in [6, 6.07) is 4.66. The predicted molar refractivity (Wildman–Crippen MR) is 107 cm³/mol. The van der Waals surface area contributed by atoms with E-state index in [1.54, 1.807) is 12.1 Å². The van der Waals surface area contributed by atoms with Crippen molar-refractivity contribution in [3.63, 3.8) is 0 Å². The van der Waals surface area contributed by atoms with Gasteiger partial charge in [0.25, 0.3) is 5.91 Å². The number of anilines is 1. The van der Waals surface area contributed by atoms with Crippen LogP contribution in [0.2, 0.25) is 0 Å². The van der Waals surface area contributed by atoms with Gasteiger partial charge in [-0.1, -0.05) is 17.3 Å². The Morgan fingerprint density at radius 3 is 2.77 bits per heavy atom. The number of nitrogens with one attached hydrogen (secondary N) is 1. The lowest BCUT2D eigenvalue weighted by atomic mass is 9.80. The number of ether oxygens (including phenoxy) is 2. The molecule has 2 heterocycles. The van der Waals surface area contributed by atoms with Gasteiger partial charge in [0.05, 0.1) is 14.2 Å². The average Bonchev–Trinajstić information content (AvgIpc) is 2.76. The number of oxime groups is 1. The van der Waals surface area contributed by atoms with Gasteiger partial charge < -0.3 is 39.4 Å². The second-order valence-corrected chi connectivity index (χ2v) is 7.19. The van der Waals surface area contributed by atoms with E-state index in [0.717, 1.165) is 0 Å². The van der Waals surface area contributed by atoms with Gasteiger partial charge in [-0.25, -0.2) is 4.79 Å². The Morgan fingerprint density at radius 1 is 1.29 bits per heavy atom. The Labute approximate surface area is 175 Å². The van der Waals surface area contributed by atoms with E-state index < -0.39 is 35.4 Å². The van der Waals surface area contributed by atoms with Crippen molar-refractivity contribution in [2.75, 3.05) is 19.5 Å². The zero-order valence-corrected chi connectivity index (χ0v) is 16.6. The summed E-state index contributed by atoms with van der Waals surface area (Å²) >= 11 is 0. The minimum absolute atomic E-state index is 0.153. The van der Waals surface area contributed by atoms with Crippen molar-refractivity contribution in [2.45, 2.75) is 30.3 Å². The second kappa shape index (κ2) is 7.69. The van der Waals surface area contributed by atoms with Crippen LogP contribution >= 0.6 is 0 Å². The van der Waals surface area contributed by atoms with Crippen molar-refractivity contribution in [3.05, 3.63) is 40.8 Å². The Hall–Kier alpha value is -3.41. The fourth-order valence-electron chi connectivity index (χ4n) is 3.58. The van der Waals surface area contributed by atoms with Crippen molar-refractivity contribution in [2.24, 2.45) is 5.16 Å². The normalized spacial score (nSPS) is 27.1. The molecule has 0 bridgehead atoms. The van der Waals surface area contributed by atoms with Crippen LogP contribution in [0.1, 0.15) is 6.42 Å². The summed E-state index contributed by atoms with van der Waals surface area (Å²) < 4.78 is 15.7. The van der Waals surface area contributed by atoms with Gasteiger partial charge in [-0.3, -0.25) is 4.79 Å². The molecule has 0 radical (unpaired) electrons. The number of nitrogens with zero attached hydrogens (tertiary/aromatic N) is 1. The third-order valence-corrected chi connectivity index (χ3v) is 5.22. The third-order valence-electron chi connectivity index (χ3n) is 5.22. The molecule has 4 rings (SSSR count). The Kier molecular flexibility index (Phi) is 5.17. The highest BCUT2D eigenvalue weighted by Crippen LogP contribution is 2.36. The number of rotatable bonds is 4. The topological polar surface area (TPSA) is 160 Å². The quantitative estimate of drug-likeness (QED) is 0.383. The third kappa shape index (κ3) is 3.52. The monoisotopic (exact) mass is 432 g/mol. The minimum atomic E-state index is -1.74. The van der Waals surface area contributed by atoms with E-state index in [-0.39, 0.29) is 29.2 Å². The summed E-state index contributed by atoms with van der Waals surface area (Å²) in [6.07, 6.45) is -1.71. The van der Waals surface area contributed by atoms with Crippen LogP contribution in [0.25, 0.3) is 11.0 Å². The van der Waals surface area contributed by atoms with Crippen LogP contribution in [0.5, 0.6) is 11.5 Å². The van der Waals surface area contributed by atoms with Crippen LogP contribution in [0.3, 0.4) is 0 Å². The van der Waals surface area contributed by atoms with Crippen molar-refractivity contribution >= 4 is 28.3 Å². The Morgan fingerprint density at radius 2 is 2.06 bits per heavy atom. The van der Waals surface area contributed by atoms with Gasteiger partial charge in [0.15, 0.2) is 17.4 Å². The molecule has 11 heteroatoms. The molecule has 31 heavy (non-hydrogen) atoms. The maximum Gasteiger partial charge on any atom is 0.360 e. The summed E-state index contributed by atoms with van der Waals surface area (Å²) in [5.41, 5.74) is -2.79. The Bertz CT molecular complexity index is 1160. The first kappa shape index (κ1) is 20.8. The molecule has 0 spiro atoms. The number of methoxy groups -OCH3 is 2. The summed E-state index contributed by atoms with van der Waals surface area (Å²) in [6.45, 7) is 0. The van der Waals surface area contributed by atoms with E-state index in [9.17, 15) is 24.9 Å². The second-order valence-electron chi connectivity index (χ2n) is 7.19. The van der Waals surface area contributed by atoms with Gasteiger partial charge in [-0.05, 0) is 18.2 Å². The van der Waals surface area contributed by atoms with Gasteiger partial charge in [-0.15, -0.1) is 0 Å². The van der Waals surface area contributed by atoms with Crippen molar-refractivity contribution in [3.8, 4) is 11.5 Å². The lowest BCUT2D eigenvalue weighted by molar-refractivity contribution is -0.167. The highest BCUT2D eigenvalue weighted by Gasteiger charge is 2.50. The van der Waals surface area contributed by atoms with Gasteiger partial charge in [0.1, 0.15) is 29.2 Å². The molecule has 4 N–H and O–H groups in total. The molecule has 0 unspecified atom stereocenters. The number of aliphatic hydroxyl groups excluding tert-OH is 2. The maximum atomic E-state index is 12.6. The molecular weight excluding hydrogens is 412 g/mol. The number of amides is 1. The molecular formula is C20H20N2O9. The summed E-state index contributed by atoms with van der Waals surface area (Å²) in [5.74, 6) is -0.189. The number of benzene rings is 1. The summed E-state index contributed by atoms with van der Waals surface area (Å²) in [4.78, 5) is 30.1. The number of hydrogen-bond donors (Lipinski definition) is 4. The first-order valence-electron chi connectivity index (χ1n) is 9.28. The molecule has 0 saturated carbocycles. The highest BCUT2D eigenvalue weighted by molar-refractivity contribution is 6.43. The van der Waals surface area contributed by atoms with Crippen molar-refractivity contribution in [1.82, 2.24) is 0 Å². The maximum absolute atomic E-state index is 12.6. The van der Waals surface area contributed by atoms with Crippen LogP contribution < -0.4 is 20.4 Å². The highest BCUT2D eigenvalue weighted by atomic mass is 16.7. The molecule has 1 amide bonds. The number of aliphatic hydroxyl groups is 3. The fourth-order valence-corrected chi connectivity index (χ4v) is 3.58. The first-order chi connectivity index (χ1) is 14.8. The molecule has 1 aliphatic heterocycles. The number of carbonyl (C=O) groups excluding carboxylic acids is 1. The smallest absolute Gasteiger partial charge is 0.360 e. The number of hydrogen-bond acceptors (Lipinski definition) is 10. The SMILES string of the molecule is COc1ccc2cc(NC(=O)C3=NO[C@H]4[C@H](O)[C@H](O)C=C[C@@]4(O)C3)c(=O)oc2c1OC. The molecule has 0 saturated heterocycles. The van der Waals surface area contributed by atoms with Gasteiger partial charge in [-0.2, -0.15) is 0 Å². The van der Waals surface area contributed by atoms with Crippen molar-refractivity contribution in [1.29, 1.82) is 0 Å². The first-order valence-corrected chi connectivity index (χ1v) is 9.28. The molecule has 0 fully saturated rings. The van der Waals surface area contributed by atoms with Crippen LogP contribution in [0.15, 0.2) is 44.7 Å². The fraction of sp³-hybridized carbons (Fsp3) is 0.350. The van der Waals surface area contributed by atoms with E-state index >= 15 is 0 Å². The van der Waals surface area contributed by atoms with Gasteiger partial charge in [0.2, 0.25) is 5.75 Å². The van der Waals surface area contributed by atoms with E-state index in [0.29, 0.717) is 11.1 Å². The Balaban J connectivity index is 1.61. The van der Waals surface area contributed by atoms with Gasteiger partial charge in [0, 0.05) is 11.8 Å². The standard InChI is InChI=1S/C20H20N2O9/c1-28-13-4-3-9-7-10(19(26)30-15(9)16(13)29-2)21-18(25)11-8-20(27)6-5-12(23)14(24)17(20)31-22-11/h3-7,12,14,17,23-24,27H,8H2,1-2H3,(H,21,25)/t12-,14-,17+,20-/m1/s1. The zero-order valence-electron chi connectivity index (χ0n) is 16.6. The predicted octanol–water partition coefficient (Wildman–Crippen LogP) is -0.0837. The average molecular weight is 432 g/mol. The molecule has 1 aromatic carbocycles. The largest absolute Gasteiger partial charge is 0.493 e. The zero-order chi connectivity index (χ0) is 22.3. The molecule has 164 valence electrons. The lowest BCUT2D eigenvalue weighted by Crippen LogP contribution is -2.58. The van der Waals surface area contributed by atoms with Gasteiger partial charge >= 0.3 is 5.63 Å². The van der Waals surface area contributed by atoms with Crippen molar-refractivity contribution < 1.29 is 38.8 Å². The van der Waals surface area contributed by atoms with Crippen LogP contribution in [0.4, 0.5) is 5.69 Å². The van der Waals surface area contributed by atoms with Crippen LogP contribution in [0, 0.1) is 0 Å². The lowest BCUT2D eigenvalue weighted by Gasteiger charge is -2.41. The summed E-state index contributed by atoms with van der Waals surface area (Å²) in [7, 11) is 2.85. The molecule has 1 aromatic heterocycles. The van der Waals surface area contributed by atoms with E-state index in [1.165, 1.54) is 32.4 Å². The van der Waals surface area contributed by atoms with Crippen LogP contribution in [-0.2, 0) is 9.63 Å². The molecule has 11 nitrogen and oxygen atoms in total. The molecule has 4 atom stereocenters. The van der Waals surface area contributed by atoms with E-state index in [4.69, 9.17) is 18.7 Å². The number of fused-ring (bicyclic) bond motifs is 2. The van der Waals surface area contributed by atoms with Crippen LogP contribution in [-0.4, -0.2) is 65.1 Å². The summed E-state index contributed by atoms with van der Waals surface area (Å²) in [5, 5.41) is 36.9. The van der Waals surface area contributed by atoms with E-state index in [2.05, 4.69) is 10.5 Å². The van der Waals surface area contributed by atoms with E-state index in [1.807, 2.05) is 0 Å². The number of carbonyl (C=O) groups is 1. The minimum Gasteiger partial charge on any atom is -0.493 e.